The molecule has 1 aromatic rings. The third-order valence-electron chi connectivity index (χ3n) is 2.41. The van der Waals surface area contributed by atoms with E-state index >= 15 is 0 Å². The summed E-state index contributed by atoms with van der Waals surface area (Å²) in [5.41, 5.74) is 2.12. The number of carbonyl (C=O) groups is 2. The number of aryl methyl sites for hydroxylation is 1. The van der Waals surface area contributed by atoms with Gasteiger partial charge in [0.1, 0.15) is 5.78 Å². The smallest absolute Gasteiger partial charge is 0.338 e. The molecule has 0 heterocycles. The summed E-state index contributed by atoms with van der Waals surface area (Å²) < 4.78 is 4.96. The summed E-state index contributed by atoms with van der Waals surface area (Å²) in [6.07, 6.45) is 0. The number of Topliss-reactive ketones (excluding diaryl/α,β-unsaturated/α-hetero) is 1. The predicted octanol–water partition coefficient (Wildman–Crippen LogP) is 3.20. The van der Waals surface area contributed by atoms with Crippen molar-refractivity contribution in [1.82, 2.24) is 0 Å². The number of halogens is 1. The Morgan fingerprint density at radius 3 is 2.59 bits per heavy atom. The summed E-state index contributed by atoms with van der Waals surface area (Å²) in [7, 11) is 0. The molecule has 0 aromatic heterocycles. The Morgan fingerprint density at radius 1 is 1.41 bits per heavy atom. The Bertz CT molecular complexity index is 440. The van der Waals surface area contributed by atoms with E-state index in [1.54, 1.807) is 13.0 Å². The summed E-state index contributed by atoms with van der Waals surface area (Å²) in [6.45, 7) is 5.45. The fourth-order valence-corrected chi connectivity index (χ4v) is 1.75. The van der Waals surface area contributed by atoms with Crippen molar-refractivity contribution < 1.29 is 14.3 Å². The third kappa shape index (κ3) is 3.40. The van der Waals surface area contributed by atoms with E-state index in [0.717, 1.165) is 11.1 Å². The van der Waals surface area contributed by atoms with Gasteiger partial charge in [-0.05, 0) is 38.0 Å². The van der Waals surface area contributed by atoms with Gasteiger partial charge in [-0.2, -0.15) is 0 Å². The van der Waals surface area contributed by atoms with Crippen LogP contribution in [0.25, 0.3) is 0 Å². The molecule has 92 valence electrons. The maximum absolute atomic E-state index is 11.7. The minimum absolute atomic E-state index is 0.00339. The molecule has 0 fully saturated rings. The highest BCUT2D eigenvalue weighted by molar-refractivity contribution is 9.09. The number of carbonyl (C=O) groups excluding carboxylic acids is 2. The maximum Gasteiger partial charge on any atom is 0.338 e. The molecular weight excluding hydrogens is 284 g/mol. The average Bonchev–Trinajstić information content (AvgIpc) is 2.28. The highest BCUT2D eigenvalue weighted by Gasteiger charge is 2.16. The van der Waals surface area contributed by atoms with Crippen molar-refractivity contribution in [3.05, 3.63) is 34.9 Å². The third-order valence-corrected chi connectivity index (χ3v) is 3.58. The lowest BCUT2D eigenvalue weighted by molar-refractivity contribution is -0.116. The van der Waals surface area contributed by atoms with Crippen LogP contribution in [0.15, 0.2) is 18.2 Å². The molecule has 0 aliphatic heterocycles. The number of ether oxygens (including phenoxy) is 1. The molecule has 0 aliphatic rings. The molecule has 0 amide bonds. The van der Waals surface area contributed by atoms with Crippen LogP contribution in [0.5, 0.6) is 0 Å². The number of esters is 1. The zero-order chi connectivity index (χ0) is 13.0. The monoisotopic (exact) mass is 298 g/mol. The van der Waals surface area contributed by atoms with E-state index in [-0.39, 0.29) is 16.6 Å². The minimum atomic E-state index is -0.378. The molecule has 0 saturated heterocycles. The van der Waals surface area contributed by atoms with E-state index in [9.17, 15) is 9.59 Å². The standard InChI is InChI=1S/C13H15BrO3/c1-4-17-13(16)11-7-10(6-5-8(11)2)12(14)9(3)15/h5-7,12H,4H2,1-3H3. The van der Waals surface area contributed by atoms with Gasteiger partial charge in [-0.1, -0.05) is 28.1 Å². The highest BCUT2D eigenvalue weighted by atomic mass is 79.9. The summed E-state index contributed by atoms with van der Waals surface area (Å²) >= 11 is 3.30. The number of alkyl halides is 1. The van der Waals surface area contributed by atoms with E-state index < -0.39 is 0 Å². The first-order valence-electron chi connectivity index (χ1n) is 5.39. The first kappa shape index (κ1) is 13.9. The lowest BCUT2D eigenvalue weighted by Crippen LogP contribution is -2.09. The Labute approximate surface area is 109 Å². The van der Waals surface area contributed by atoms with Crippen LogP contribution in [0.4, 0.5) is 0 Å². The zero-order valence-electron chi connectivity index (χ0n) is 10.1. The molecule has 1 rings (SSSR count). The van der Waals surface area contributed by atoms with Crippen LogP contribution in [0.1, 0.15) is 40.2 Å². The average molecular weight is 299 g/mol. The van der Waals surface area contributed by atoms with Gasteiger partial charge in [0.25, 0.3) is 0 Å². The fourth-order valence-electron chi connectivity index (χ4n) is 1.46. The van der Waals surface area contributed by atoms with Crippen molar-refractivity contribution in [1.29, 1.82) is 0 Å². The van der Waals surface area contributed by atoms with E-state index in [4.69, 9.17) is 4.74 Å². The number of hydrogen-bond acceptors (Lipinski definition) is 3. The molecule has 1 aromatic carbocycles. The lowest BCUT2D eigenvalue weighted by atomic mass is 10.0. The van der Waals surface area contributed by atoms with Crippen LogP contribution in [-0.4, -0.2) is 18.4 Å². The van der Waals surface area contributed by atoms with Gasteiger partial charge in [-0.15, -0.1) is 0 Å². The molecule has 1 atom stereocenters. The Kier molecular flexibility index (Phi) is 4.87. The van der Waals surface area contributed by atoms with E-state index in [1.807, 2.05) is 19.1 Å². The van der Waals surface area contributed by atoms with Gasteiger partial charge in [0, 0.05) is 0 Å². The number of ketones is 1. The van der Waals surface area contributed by atoms with Gasteiger partial charge in [-0.3, -0.25) is 4.79 Å². The van der Waals surface area contributed by atoms with Crippen molar-refractivity contribution in [3.63, 3.8) is 0 Å². The van der Waals surface area contributed by atoms with E-state index in [1.165, 1.54) is 6.92 Å². The second-order valence-electron chi connectivity index (χ2n) is 3.77. The fraction of sp³-hybridized carbons (Fsp3) is 0.385. The second-order valence-corrected chi connectivity index (χ2v) is 4.68. The minimum Gasteiger partial charge on any atom is -0.462 e. The number of hydrogen-bond donors (Lipinski definition) is 0. The van der Waals surface area contributed by atoms with Gasteiger partial charge < -0.3 is 4.74 Å². The molecule has 0 saturated carbocycles. The molecule has 3 nitrogen and oxygen atoms in total. The number of rotatable bonds is 4. The highest BCUT2D eigenvalue weighted by Crippen LogP contribution is 2.25. The zero-order valence-corrected chi connectivity index (χ0v) is 11.7. The first-order valence-corrected chi connectivity index (χ1v) is 6.31. The second kappa shape index (κ2) is 5.96. The summed E-state index contributed by atoms with van der Waals surface area (Å²) in [5, 5.41) is 0. The van der Waals surface area contributed by atoms with Gasteiger partial charge in [0.2, 0.25) is 0 Å². The topological polar surface area (TPSA) is 43.4 Å². The molecule has 0 spiro atoms. The molecule has 1 unspecified atom stereocenters. The van der Waals surface area contributed by atoms with Crippen LogP contribution >= 0.6 is 15.9 Å². The molecule has 17 heavy (non-hydrogen) atoms. The Hall–Kier alpha value is -1.16. The quantitative estimate of drug-likeness (QED) is 0.633. The maximum atomic E-state index is 11.7. The first-order chi connectivity index (χ1) is 7.97. The van der Waals surface area contributed by atoms with Crippen molar-refractivity contribution in [2.75, 3.05) is 6.61 Å². The molecule has 0 N–H and O–H groups in total. The van der Waals surface area contributed by atoms with Gasteiger partial charge >= 0.3 is 5.97 Å². The summed E-state index contributed by atoms with van der Waals surface area (Å²) in [4.78, 5) is 22.6. The SMILES string of the molecule is CCOC(=O)c1cc(C(Br)C(C)=O)ccc1C. The van der Waals surface area contributed by atoms with Crippen molar-refractivity contribution in [3.8, 4) is 0 Å². The largest absolute Gasteiger partial charge is 0.462 e. The molecular formula is C13H15BrO3. The van der Waals surface area contributed by atoms with Crippen molar-refractivity contribution in [2.45, 2.75) is 25.6 Å². The normalized spacial score (nSPS) is 12.0. The molecule has 0 bridgehead atoms. The Morgan fingerprint density at radius 2 is 2.06 bits per heavy atom. The van der Waals surface area contributed by atoms with Gasteiger partial charge in [-0.25, -0.2) is 4.79 Å². The Balaban J connectivity index is 3.10. The lowest BCUT2D eigenvalue weighted by Gasteiger charge is -2.10. The molecule has 0 aliphatic carbocycles. The summed E-state index contributed by atoms with van der Waals surface area (Å²) in [6, 6.07) is 5.35. The van der Waals surface area contributed by atoms with Crippen LogP contribution in [0.2, 0.25) is 0 Å². The van der Waals surface area contributed by atoms with Crippen LogP contribution < -0.4 is 0 Å². The van der Waals surface area contributed by atoms with Gasteiger partial charge in [0.15, 0.2) is 0 Å². The predicted molar refractivity (Wildman–Crippen MR) is 69.5 cm³/mol. The van der Waals surface area contributed by atoms with E-state index in [2.05, 4.69) is 15.9 Å². The van der Waals surface area contributed by atoms with Crippen molar-refractivity contribution >= 4 is 27.7 Å². The molecule has 0 radical (unpaired) electrons. The van der Waals surface area contributed by atoms with Crippen molar-refractivity contribution in [2.24, 2.45) is 0 Å². The number of benzene rings is 1. The molecule has 4 heteroatoms. The van der Waals surface area contributed by atoms with Gasteiger partial charge in [0.05, 0.1) is 17.0 Å². The van der Waals surface area contributed by atoms with Crippen LogP contribution in [0.3, 0.4) is 0 Å². The van der Waals surface area contributed by atoms with Crippen LogP contribution in [0, 0.1) is 6.92 Å². The summed E-state index contributed by atoms with van der Waals surface area (Å²) in [5.74, 6) is -0.348. The van der Waals surface area contributed by atoms with Crippen LogP contribution in [-0.2, 0) is 9.53 Å². The van der Waals surface area contributed by atoms with E-state index in [0.29, 0.717) is 12.2 Å².